The summed E-state index contributed by atoms with van der Waals surface area (Å²) in [5.41, 5.74) is 0.960. The van der Waals surface area contributed by atoms with Crippen LogP contribution >= 0.6 is 0 Å². The molecule has 1 rings (SSSR count). The van der Waals surface area contributed by atoms with Crippen LogP contribution in [0.15, 0.2) is 36.9 Å². The first-order valence-electron chi connectivity index (χ1n) is 4.34. The van der Waals surface area contributed by atoms with Gasteiger partial charge in [0.1, 0.15) is 5.82 Å². The van der Waals surface area contributed by atoms with Crippen LogP contribution in [0, 0.1) is 5.82 Å². The molecular weight excluding hydrogens is 165 g/mol. The van der Waals surface area contributed by atoms with Gasteiger partial charge >= 0.3 is 0 Å². The molecule has 1 atom stereocenters. The van der Waals surface area contributed by atoms with Crippen LogP contribution in [0.3, 0.4) is 0 Å². The van der Waals surface area contributed by atoms with Crippen LogP contribution in [0.1, 0.15) is 18.5 Å². The van der Waals surface area contributed by atoms with Crippen molar-refractivity contribution in [2.45, 2.75) is 13.0 Å². The van der Waals surface area contributed by atoms with Crippen molar-refractivity contribution in [3.8, 4) is 0 Å². The molecule has 1 aromatic rings. The number of nitrogens with one attached hydrogen (secondary N) is 1. The van der Waals surface area contributed by atoms with Crippen LogP contribution < -0.4 is 5.32 Å². The molecule has 1 N–H and O–H groups in total. The van der Waals surface area contributed by atoms with Crippen molar-refractivity contribution < 1.29 is 4.39 Å². The second-order valence-electron chi connectivity index (χ2n) is 2.97. The Morgan fingerprint density at radius 2 is 2.38 bits per heavy atom. The number of benzene rings is 1. The lowest BCUT2D eigenvalue weighted by atomic mass is 10.1. The average Bonchev–Trinajstić information content (AvgIpc) is 2.14. The molecule has 1 unspecified atom stereocenters. The minimum absolute atomic E-state index is 0.161. The van der Waals surface area contributed by atoms with Gasteiger partial charge in [0, 0.05) is 12.6 Å². The van der Waals surface area contributed by atoms with Gasteiger partial charge in [-0.3, -0.25) is 0 Å². The third kappa shape index (κ3) is 2.99. The molecule has 1 nitrogen and oxygen atoms in total. The molecule has 0 bridgehead atoms. The van der Waals surface area contributed by atoms with E-state index in [-0.39, 0.29) is 11.9 Å². The summed E-state index contributed by atoms with van der Waals surface area (Å²) in [5, 5.41) is 3.19. The van der Waals surface area contributed by atoms with Crippen molar-refractivity contribution in [2.24, 2.45) is 0 Å². The molecule has 70 valence electrons. The lowest BCUT2D eigenvalue weighted by Crippen LogP contribution is -2.18. The second-order valence-corrected chi connectivity index (χ2v) is 2.97. The third-order valence-electron chi connectivity index (χ3n) is 1.92. The molecule has 0 saturated carbocycles. The van der Waals surface area contributed by atoms with E-state index in [4.69, 9.17) is 0 Å². The Kier molecular flexibility index (Phi) is 3.65. The fourth-order valence-electron chi connectivity index (χ4n) is 1.15. The van der Waals surface area contributed by atoms with Crippen molar-refractivity contribution in [3.63, 3.8) is 0 Å². The van der Waals surface area contributed by atoms with E-state index >= 15 is 0 Å². The molecule has 0 aromatic heterocycles. The minimum atomic E-state index is -0.190. The van der Waals surface area contributed by atoms with Crippen LogP contribution in [0.4, 0.5) is 4.39 Å². The molecule has 13 heavy (non-hydrogen) atoms. The quantitative estimate of drug-likeness (QED) is 0.701. The lowest BCUT2D eigenvalue weighted by Gasteiger charge is -2.12. The molecule has 0 spiro atoms. The van der Waals surface area contributed by atoms with Gasteiger partial charge in [-0.05, 0) is 24.6 Å². The largest absolute Gasteiger partial charge is 0.307 e. The van der Waals surface area contributed by atoms with Crippen LogP contribution in [0.5, 0.6) is 0 Å². The van der Waals surface area contributed by atoms with Gasteiger partial charge in [-0.1, -0.05) is 18.2 Å². The molecule has 1 aromatic carbocycles. The van der Waals surface area contributed by atoms with Crippen LogP contribution in [0.25, 0.3) is 0 Å². The van der Waals surface area contributed by atoms with E-state index in [2.05, 4.69) is 11.9 Å². The van der Waals surface area contributed by atoms with Crippen molar-refractivity contribution in [1.29, 1.82) is 0 Å². The molecule has 0 aliphatic carbocycles. The lowest BCUT2D eigenvalue weighted by molar-refractivity contribution is 0.595. The molecule has 0 aliphatic rings. The van der Waals surface area contributed by atoms with Gasteiger partial charge in [-0.15, -0.1) is 6.58 Å². The Balaban J connectivity index is 2.65. The fourth-order valence-corrected chi connectivity index (χ4v) is 1.15. The fraction of sp³-hybridized carbons (Fsp3) is 0.273. The predicted octanol–water partition coefficient (Wildman–Crippen LogP) is 2.66. The smallest absolute Gasteiger partial charge is 0.123 e. The summed E-state index contributed by atoms with van der Waals surface area (Å²) in [5.74, 6) is -0.190. The highest BCUT2D eigenvalue weighted by molar-refractivity contribution is 5.19. The van der Waals surface area contributed by atoms with E-state index < -0.39 is 0 Å². The number of halogens is 1. The zero-order chi connectivity index (χ0) is 9.68. The van der Waals surface area contributed by atoms with Gasteiger partial charge < -0.3 is 5.32 Å². The molecule has 0 fully saturated rings. The van der Waals surface area contributed by atoms with E-state index in [9.17, 15) is 4.39 Å². The molecule has 0 saturated heterocycles. The first-order valence-corrected chi connectivity index (χ1v) is 4.34. The zero-order valence-corrected chi connectivity index (χ0v) is 7.76. The van der Waals surface area contributed by atoms with Gasteiger partial charge in [0.2, 0.25) is 0 Å². The Bertz CT molecular complexity index is 283. The maximum Gasteiger partial charge on any atom is 0.123 e. The normalized spacial score (nSPS) is 12.5. The monoisotopic (exact) mass is 179 g/mol. The maximum absolute atomic E-state index is 12.8. The summed E-state index contributed by atoms with van der Waals surface area (Å²) in [6.45, 7) is 6.34. The van der Waals surface area contributed by atoms with Gasteiger partial charge in [-0.25, -0.2) is 4.39 Å². The summed E-state index contributed by atoms with van der Waals surface area (Å²) in [7, 11) is 0. The Hall–Kier alpha value is -1.15. The first-order chi connectivity index (χ1) is 6.24. The highest BCUT2D eigenvalue weighted by atomic mass is 19.1. The number of rotatable bonds is 4. The Morgan fingerprint density at radius 3 is 3.00 bits per heavy atom. The second kappa shape index (κ2) is 4.77. The summed E-state index contributed by atoms with van der Waals surface area (Å²) >= 11 is 0. The molecule has 2 heteroatoms. The molecule has 0 amide bonds. The Morgan fingerprint density at radius 1 is 1.62 bits per heavy atom. The van der Waals surface area contributed by atoms with Crippen molar-refractivity contribution in [2.75, 3.05) is 6.54 Å². The van der Waals surface area contributed by atoms with E-state index in [1.807, 2.05) is 13.0 Å². The van der Waals surface area contributed by atoms with Crippen LogP contribution in [-0.4, -0.2) is 6.54 Å². The number of hydrogen-bond donors (Lipinski definition) is 1. The summed E-state index contributed by atoms with van der Waals surface area (Å²) in [6.07, 6.45) is 1.79. The van der Waals surface area contributed by atoms with Crippen LogP contribution in [-0.2, 0) is 0 Å². The predicted molar refractivity (Wildman–Crippen MR) is 53.0 cm³/mol. The maximum atomic E-state index is 12.8. The summed E-state index contributed by atoms with van der Waals surface area (Å²) in [6, 6.07) is 6.78. The van der Waals surface area contributed by atoms with Gasteiger partial charge in [0.05, 0.1) is 0 Å². The highest BCUT2D eigenvalue weighted by Gasteiger charge is 2.03. The molecular formula is C11H14FN. The zero-order valence-electron chi connectivity index (χ0n) is 7.76. The molecule has 0 aliphatic heterocycles. The average molecular weight is 179 g/mol. The van der Waals surface area contributed by atoms with Gasteiger partial charge in [0.15, 0.2) is 0 Å². The molecule has 0 radical (unpaired) electrons. The number of hydrogen-bond acceptors (Lipinski definition) is 1. The molecule has 0 heterocycles. The van der Waals surface area contributed by atoms with Gasteiger partial charge in [0.25, 0.3) is 0 Å². The first kappa shape index (κ1) is 9.93. The van der Waals surface area contributed by atoms with Crippen molar-refractivity contribution >= 4 is 0 Å². The minimum Gasteiger partial charge on any atom is -0.307 e. The summed E-state index contributed by atoms with van der Waals surface area (Å²) < 4.78 is 12.8. The summed E-state index contributed by atoms with van der Waals surface area (Å²) in [4.78, 5) is 0. The third-order valence-corrected chi connectivity index (χ3v) is 1.92. The van der Waals surface area contributed by atoms with E-state index in [0.717, 1.165) is 12.1 Å². The topological polar surface area (TPSA) is 12.0 Å². The van der Waals surface area contributed by atoms with E-state index in [1.165, 1.54) is 6.07 Å². The van der Waals surface area contributed by atoms with Crippen molar-refractivity contribution in [1.82, 2.24) is 5.32 Å². The van der Waals surface area contributed by atoms with Crippen LogP contribution in [0.2, 0.25) is 0 Å². The van der Waals surface area contributed by atoms with Gasteiger partial charge in [-0.2, -0.15) is 0 Å². The van der Waals surface area contributed by atoms with E-state index in [1.54, 1.807) is 18.2 Å². The van der Waals surface area contributed by atoms with Crippen molar-refractivity contribution in [3.05, 3.63) is 48.3 Å². The standard InChI is InChI=1S/C11H14FN/c1-3-7-13-9(2)10-5-4-6-11(12)8-10/h3-6,8-9,13H,1,7H2,2H3. The van der Waals surface area contributed by atoms with E-state index in [0.29, 0.717) is 0 Å². The SMILES string of the molecule is C=CCNC(C)c1cccc(F)c1. The Labute approximate surface area is 78.3 Å². The highest BCUT2D eigenvalue weighted by Crippen LogP contribution is 2.12.